The molecule has 0 rings (SSSR count). The first-order valence-corrected chi connectivity index (χ1v) is 15.6. The predicted octanol–water partition coefficient (Wildman–Crippen LogP) is 7.08. The van der Waals surface area contributed by atoms with Crippen LogP contribution in [0.1, 0.15) is 40.5 Å². The molecule has 0 saturated carbocycles. The van der Waals surface area contributed by atoms with Crippen LogP contribution in [0.4, 0.5) is 0 Å². The Hall–Kier alpha value is -0.270. The standard InChI is InChI=1S/C19H39N2O5P3/c1-9-16-24-27(8,25-17-10-2)20-28(19-12-4,22-13-5)21-29(15-7,23-14-6)26-18-11-3/h7,9,11,29H,1,3,10,12-14,16-19H2,2,4-6,8H3. The van der Waals surface area contributed by atoms with Gasteiger partial charge in [-0.25, -0.2) is 0 Å². The third-order valence-electron chi connectivity index (χ3n) is 3.33. The van der Waals surface area contributed by atoms with Gasteiger partial charge < -0.3 is 0 Å². The Morgan fingerprint density at radius 3 is 2.14 bits per heavy atom. The first-order valence-electron chi connectivity index (χ1n) is 9.99. The summed E-state index contributed by atoms with van der Waals surface area (Å²) in [5.41, 5.74) is 2.68. The second-order valence-corrected chi connectivity index (χ2v) is 13.7. The van der Waals surface area contributed by atoms with Gasteiger partial charge in [-0.15, -0.1) is 0 Å². The molecule has 0 N–H and O–H groups in total. The summed E-state index contributed by atoms with van der Waals surface area (Å²) in [5.74, 6) is 0. The first kappa shape index (κ1) is 28.7. The van der Waals surface area contributed by atoms with Crippen molar-refractivity contribution in [1.82, 2.24) is 0 Å². The van der Waals surface area contributed by atoms with E-state index in [1.54, 1.807) is 12.2 Å². The van der Waals surface area contributed by atoms with Gasteiger partial charge in [-0.3, -0.25) is 0 Å². The van der Waals surface area contributed by atoms with Gasteiger partial charge in [0.1, 0.15) is 0 Å². The summed E-state index contributed by atoms with van der Waals surface area (Å²) in [4.78, 5) is 0. The normalized spacial score (nSPS) is 16.1. The van der Waals surface area contributed by atoms with Gasteiger partial charge in [-0.2, -0.15) is 0 Å². The molecule has 0 saturated heterocycles. The van der Waals surface area contributed by atoms with Crippen LogP contribution in [0.5, 0.6) is 0 Å². The fourth-order valence-electron chi connectivity index (χ4n) is 2.31. The molecule has 7 nitrogen and oxygen atoms in total. The molecular weight excluding hydrogens is 429 g/mol. The number of nitrogens with zero attached hydrogens (tertiary/aromatic N) is 2. The molecule has 0 bridgehead atoms. The van der Waals surface area contributed by atoms with Crippen molar-refractivity contribution in [1.29, 1.82) is 0 Å². The molecule has 0 aromatic carbocycles. The van der Waals surface area contributed by atoms with Gasteiger partial charge in [-0.05, 0) is 0 Å². The summed E-state index contributed by atoms with van der Waals surface area (Å²) in [6.07, 6.45) is 11.4. The molecular formula is C19H39N2O5P3. The molecule has 0 fully saturated rings. The molecule has 0 spiro atoms. The Labute approximate surface area is 178 Å². The molecule has 170 valence electrons. The van der Waals surface area contributed by atoms with E-state index in [1.165, 1.54) is 0 Å². The molecule has 0 aliphatic carbocycles. The molecule has 0 heterocycles. The summed E-state index contributed by atoms with van der Waals surface area (Å²) in [5, 5.41) is 0. The molecule has 0 aromatic rings. The zero-order chi connectivity index (χ0) is 22.2. The van der Waals surface area contributed by atoms with E-state index in [2.05, 4.69) is 25.7 Å². The Balaban J connectivity index is 6.71. The average molecular weight is 468 g/mol. The van der Waals surface area contributed by atoms with Crippen molar-refractivity contribution in [3.63, 3.8) is 0 Å². The van der Waals surface area contributed by atoms with E-state index in [0.717, 1.165) is 12.8 Å². The third-order valence-corrected chi connectivity index (χ3v) is 12.6. The Morgan fingerprint density at radius 2 is 1.66 bits per heavy atom. The molecule has 0 aliphatic rings. The summed E-state index contributed by atoms with van der Waals surface area (Å²) in [6, 6.07) is 0. The Morgan fingerprint density at radius 1 is 0.966 bits per heavy atom. The van der Waals surface area contributed by atoms with E-state index in [-0.39, 0.29) is 6.61 Å². The topological polar surface area (TPSA) is 70.9 Å². The quantitative estimate of drug-likeness (QED) is 0.130. The fourth-order valence-corrected chi connectivity index (χ4v) is 11.9. The average Bonchev–Trinajstić information content (AvgIpc) is 2.69. The molecule has 2 atom stereocenters. The molecule has 10 heteroatoms. The Kier molecular flexibility index (Phi) is 15.4. The molecule has 0 amide bonds. The van der Waals surface area contributed by atoms with Crippen LogP contribution in [0.15, 0.2) is 34.3 Å². The second-order valence-electron chi connectivity index (χ2n) is 5.98. The molecule has 0 aliphatic heterocycles. The zero-order valence-corrected chi connectivity index (χ0v) is 21.4. The number of rotatable bonds is 17. The van der Waals surface area contributed by atoms with Crippen molar-refractivity contribution < 1.29 is 22.6 Å². The van der Waals surface area contributed by atoms with E-state index in [4.69, 9.17) is 38.1 Å². The fraction of sp³-hybridized carbons (Fsp3) is 0.684. The van der Waals surface area contributed by atoms with Crippen LogP contribution in [0, 0.1) is 12.1 Å². The van der Waals surface area contributed by atoms with Crippen molar-refractivity contribution in [2.75, 3.05) is 45.9 Å². The molecule has 0 aromatic heterocycles. The van der Waals surface area contributed by atoms with Crippen LogP contribution >= 0.6 is 22.8 Å². The van der Waals surface area contributed by atoms with Gasteiger partial charge >= 0.3 is 178 Å². The van der Waals surface area contributed by atoms with Gasteiger partial charge in [0, 0.05) is 0 Å². The van der Waals surface area contributed by atoms with Crippen molar-refractivity contribution in [2.24, 2.45) is 9.03 Å². The van der Waals surface area contributed by atoms with Gasteiger partial charge in [-0.1, -0.05) is 0 Å². The molecule has 0 radical (unpaired) electrons. The first-order chi connectivity index (χ1) is 13.8. The minimum absolute atomic E-state index is 0.240. The van der Waals surface area contributed by atoms with Crippen molar-refractivity contribution in [2.45, 2.75) is 40.5 Å². The van der Waals surface area contributed by atoms with Crippen molar-refractivity contribution in [3.8, 4) is 12.1 Å². The monoisotopic (exact) mass is 468 g/mol. The third kappa shape index (κ3) is 10.5. The van der Waals surface area contributed by atoms with Gasteiger partial charge in [0.05, 0.1) is 0 Å². The van der Waals surface area contributed by atoms with Crippen LogP contribution < -0.4 is 0 Å². The Bertz CT molecular complexity index is 638. The van der Waals surface area contributed by atoms with E-state index in [0.29, 0.717) is 32.6 Å². The van der Waals surface area contributed by atoms with Gasteiger partial charge in [0.15, 0.2) is 0 Å². The number of hydrogen-bond donors (Lipinski definition) is 0. The van der Waals surface area contributed by atoms with E-state index in [1.807, 2.05) is 27.4 Å². The maximum absolute atomic E-state index is 6.18. The van der Waals surface area contributed by atoms with Crippen LogP contribution in [0.25, 0.3) is 0 Å². The van der Waals surface area contributed by atoms with Crippen molar-refractivity contribution >= 4 is 22.8 Å². The second kappa shape index (κ2) is 15.5. The SMILES string of the molecule is C#C[PH](N=P(CCC)(N=P(C)(OCC=C)OCCC)OCC)(OCC)OCC=C. The predicted molar refractivity (Wildman–Crippen MR) is 129 cm³/mol. The summed E-state index contributed by atoms with van der Waals surface area (Å²) < 4.78 is 39.9. The van der Waals surface area contributed by atoms with E-state index >= 15 is 0 Å². The van der Waals surface area contributed by atoms with Crippen LogP contribution in [0.3, 0.4) is 0 Å². The van der Waals surface area contributed by atoms with Gasteiger partial charge in [0.25, 0.3) is 0 Å². The zero-order valence-electron chi connectivity index (χ0n) is 18.6. The van der Waals surface area contributed by atoms with Crippen LogP contribution in [0.2, 0.25) is 0 Å². The number of terminal acetylenes is 1. The minimum atomic E-state index is -3.36. The van der Waals surface area contributed by atoms with Crippen LogP contribution in [-0.2, 0) is 22.6 Å². The summed E-state index contributed by atoms with van der Waals surface area (Å²) in [7, 11) is -8.74. The van der Waals surface area contributed by atoms with Crippen LogP contribution in [-0.4, -0.2) is 45.9 Å². The summed E-state index contributed by atoms with van der Waals surface area (Å²) in [6.45, 7) is 19.0. The summed E-state index contributed by atoms with van der Waals surface area (Å²) >= 11 is 0. The maximum atomic E-state index is 6.18. The molecule has 29 heavy (non-hydrogen) atoms. The van der Waals surface area contributed by atoms with E-state index < -0.39 is 22.8 Å². The van der Waals surface area contributed by atoms with E-state index in [9.17, 15) is 0 Å². The van der Waals surface area contributed by atoms with Crippen molar-refractivity contribution in [3.05, 3.63) is 25.3 Å². The number of hydrogen-bond acceptors (Lipinski definition) is 6. The molecule has 2 unspecified atom stereocenters. The van der Waals surface area contributed by atoms with Gasteiger partial charge in [0.2, 0.25) is 0 Å².